The average Bonchev–Trinajstić information content (AvgIpc) is 2.15. The molecule has 76 valence electrons. The van der Waals surface area contributed by atoms with Crippen molar-refractivity contribution in [1.82, 2.24) is 4.90 Å². The fourth-order valence-corrected chi connectivity index (χ4v) is 1.84. The van der Waals surface area contributed by atoms with Crippen molar-refractivity contribution in [2.75, 3.05) is 19.6 Å². The van der Waals surface area contributed by atoms with Crippen molar-refractivity contribution >= 4 is 5.71 Å². The number of rotatable bonds is 3. The molecule has 1 rings (SSSR count). The highest BCUT2D eigenvalue weighted by Gasteiger charge is 2.21. The molecule has 0 spiro atoms. The summed E-state index contributed by atoms with van der Waals surface area (Å²) in [4.78, 5) is 2.46. The smallest absolute Gasteiger partial charge is 0.0624 e. The normalized spacial score (nSPS) is 28.2. The first-order chi connectivity index (χ1) is 6.27. The molecule has 1 heterocycles. The number of unbranched alkanes of at least 4 members (excludes halogenated alkanes) is 1. The maximum atomic E-state index is 8.69. The zero-order valence-corrected chi connectivity index (χ0v) is 8.66. The van der Waals surface area contributed by atoms with Gasteiger partial charge in [-0.1, -0.05) is 25.4 Å². The van der Waals surface area contributed by atoms with Crippen LogP contribution in [0.4, 0.5) is 0 Å². The molecule has 0 aromatic rings. The van der Waals surface area contributed by atoms with Crippen LogP contribution in [0.15, 0.2) is 5.16 Å². The Morgan fingerprint density at radius 3 is 2.92 bits per heavy atom. The number of hydrogen-bond acceptors (Lipinski definition) is 3. The molecule has 3 nitrogen and oxygen atoms in total. The Labute approximate surface area is 80.4 Å². The van der Waals surface area contributed by atoms with Crippen molar-refractivity contribution in [3.8, 4) is 0 Å². The van der Waals surface area contributed by atoms with E-state index in [2.05, 4.69) is 23.9 Å². The van der Waals surface area contributed by atoms with E-state index in [-0.39, 0.29) is 0 Å². The van der Waals surface area contributed by atoms with E-state index in [9.17, 15) is 0 Å². The van der Waals surface area contributed by atoms with Gasteiger partial charge in [-0.15, -0.1) is 0 Å². The van der Waals surface area contributed by atoms with Gasteiger partial charge < -0.3 is 10.1 Å². The van der Waals surface area contributed by atoms with E-state index in [0.717, 1.165) is 25.2 Å². The van der Waals surface area contributed by atoms with E-state index < -0.39 is 0 Å². The molecule has 1 aliphatic heterocycles. The lowest BCUT2D eigenvalue weighted by Crippen LogP contribution is -2.40. The Hall–Kier alpha value is -0.570. The Morgan fingerprint density at radius 1 is 1.62 bits per heavy atom. The summed E-state index contributed by atoms with van der Waals surface area (Å²) in [6.07, 6.45) is 3.46. The number of oxime groups is 1. The molecule has 0 aromatic heterocycles. The van der Waals surface area contributed by atoms with Crippen molar-refractivity contribution in [2.24, 2.45) is 11.1 Å². The Bertz CT molecular complexity index is 180. The first-order valence-electron chi connectivity index (χ1n) is 5.21. The number of hydrogen-bond donors (Lipinski definition) is 1. The van der Waals surface area contributed by atoms with Gasteiger partial charge in [0.2, 0.25) is 0 Å². The van der Waals surface area contributed by atoms with Crippen LogP contribution in [0.3, 0.4) is 0 Å². The highest BCUT2D eigenvalue weighted by molar-refractivity contribution is 5.86. The standard InChI is InChI=1S/C10H20N2O/c1-3-4-6-12-7-5-10(11-13)9(2)8-12/h9,13H,3-8H2,1-2H3. The highest BCUT2D eigenvalue weighted by Crippen LogP contribution is 2.13. The lowest BCUT2D eigenvalue weighted by Gasteiger charge is -2.31. The minimum atomic E-state index is 0.426. The van der Waals surface area contributed by atoms with E-state index in [1.807, 2.05) is 0 Å². The van der Waals surface area contributed by atoms with Gasteiger partial charge in [-0.2, -0.15) is 0 Å². The molecule has 0 radical (unpaired) electrons. The zero-order valence-electron chi connectivity index (χ0n) is 8.66. The SMILES string of the molecule is CCCCN1CCC(=NO)C(C)C1. The summed E-state index contributed by atoms with van der Waals surface area (Å²) in [5.74, 6) is 0.426. The number of nitrogens with zero attached hydrogens (tertiary/aromatic N) is 2. The van der Waals surface area contributed by atoms with E-state index in [0.29, 0.717) is 5.92 Å². The maximum Gasteiger partial charge on any atom is 0.0624 e. The van der Waals surface area contributed by atoms with Gasteiger partial charge in [-0.3, -0.25) is 0 Å². The van der Waals surface area contributed by atoms with Crippen molar-refractivity contribution in [3.05, 3.63) is 0 Å². The predicted octanol–water partition coefficient (Wildman–Crippen LogP) is 1.96. The van der Waals surface area contributed by atoms with Crippen LogP contribution in [0.2, 0.25) is 0 Å². The van der Waals surface area contributed by atoms with Gasteiger partial charge in [-0.05, 0) is 13.0 Å². The van der Waals surface area contributed by atoms with Crippen LogP contribution >= 0.6 is 0 Å². The third-order valence-electron chi connectivity index (χ3n) is 2.74. The number of likely N-dealkylation sites (tertiary alicyclic amines) is 1. The molecule has 3 heteroatoms. The quantitative estimate of drug-likeness (QED) is 0.537. The summed E-state index contributed by atoms with van der Waals surface area (Å²) in [5, 5.41) is 12.0. The van der Waals surface area contributed by atoms with E-state index >= 15 is 0 Å². The molecular weight excluding hydrogens is 164 g/mol. The van der Waals surface area contributed by atoms with Gasteiger partial charge >= 0.3 is 0 Å². The van der Waals surface area contributed by atoms with Crippen molar-refractivity contribution in [2.45, 2.75) is 33.1 Å². The molecule has 0 saturated carbocycles. The fourth-order valence-electron chi connectivity index (χ4n) is 1.84. The lowest BCUT2D eigenvalue weighted by molar-refractivity contribution is 0.233. The van der Waals surface area contributed by atoms with Crippen LogP contribution in [0.5, 0.6) is 0 Å². The summed E-state index contributed by atoms with van der Waals surface area (Å²) in [6.45, 7) is 7.66. The second kappa shape index (κ2) is 5.22. The van der Waals surface area contributed by atoms with Gasteiger partial charge in [0.1, 0.15) is 0 Å². The van der Waals surface area contributed by atoms with Crippen molar-refractivity contribution in [1.29, 1.82) is 0 Å². The average molecular weight is 184 g/mol. The molecule has 1 fully saturated rings. The highest BCUT2D eigenvalue weighted by atomic mass is 16.4. The van der Waals surface area contributed by atoms with Crippen LogP contribution < -0.4 is 0 Å². The van der Waals surface area contributed by atoms with Gasteiger partial charge in [0.05, 0.1) is 5.71 Å². The van der Waals surface area contributed by atoms with Gasteiger partial charge in [0.15, 0.2) is 0 Å². The summed E-state index contributed by atoms with van der Waals surface area (Å²) < 4.78 is 0. The summed E-state index contributed by atoms with van der Waals surface area (Å²) in [7, 11) is 0. The Kier molecular flexibility index (Phi) is 4.22. The molecule has 0 aliphatic carbocycles. The third kappa shape index (κ3) is 2.99. The zero-order chi connectivity index (χ0) is 9.68. The molecule has 1 atom stereocenters. The predicted molar refractivity (Wildman–Crippen MR) is 54.4 cm³/mol. The summed E-state index contributed by atoms with van der Waals surface area (Å²) >= 11 is 0. The molecule has 0 bridgehead atoms. The van der Waals surface area contributed by atoms with E-state index in [4.69, 9.17) is 5.21 Å². The van der Waals surface area contributed by atoms with Gasteiger partial charge in [0.25, 0.3) is 0 Å². The molecule has 1 unspecified atom stereocenters. The van der Waals surface area contributed by atoms with Gasteiger partial charge in [0, 0.05) is 25.4 Å². The molecule has 0 aromatic carbocycles. The van der Waals surface area contributed by atoms with Crippen LogP contribution in [-0.2, 0) is 0 Å². The molecular formula is C10H20N2O. The molecule has 1 N–H and O–H groups in total. The minimum Gasteiger partial charge on any atom is -0.411 e. The molecule has 0 amide bonds. The summed E-state index contributed by atoms with van der Waals surface area (Å²) in [5.41, 5.74) is 0.966. The van der Waals surface area contributed by atoms with Gasteiger partial charge in [-0.25, -0.2) is 0 Å². The first-order valence-corrected chi connectivity index (χ1v) is 5.21. The molecule has 1 saturated heterocycles. The third-order valence-corrected chi connectivity index (χ3v) is 2.74. The van der Waals surface area contributed by atoms with Crippen LogP contribution in [0, 0.1) is 5.92 Å². The molecule has 13 heavy (non-hydrogen) atoms. The summed E-state index contributed by atoms with van der Waals surface area (Å²) in [6, 6.07) is 0. The lowest BCUT2D eigenvalue weighted by atomic mass is 9.97. The second-order valence-corrected chi connectivity index (χ2v) is 3.90. The van der Waals surface area contributed by atoms with E-state index in [1.54, 1.807) is 0 Å². The number of piperidine rings is 1. The van der Waals surface area contributed by atoms with Crippen molar-refractivity contribution < 1.29 is 5.21 Å². The largest absolute Gasteiger partial charge is 0.411 e. The minimum absolute atomic E-state index is 0.426. The van der Waals surface area contributed by atoms with Crippen LogP contribution in [0.1, 0.15) is 33.1 Å². The van der Waals surface area contributed by atoms with Crippen molar-refractivity contribution in [3.63, 3.8) is 0 Å². The second-order valence-electron chi connectivity index (χ2n) is 3.90. The first kappa shape index (κ1) is 10.5. The van der Waals surface area contributed by atoms with Crippen LogP contribution in [-0.4, -0.2) is 35.5 Å². The van der Waals surface area contributed by atoms with E-state index in [1.165, 1.54) is 19.4 Å². The monoisotopic (exact) mass is 184 g/mol. The topological polar surface area (TPSA) is 35.8 Å². The fraction of sp³-hybridized carbons (Fsp3) is 0.900. The Morgan fingerprint density at radius 2 is 2.38 bits per heavy atom. The molecule has 1 aliphatic rings. The van der Waals surface area contributed by atoms with Crippen LogP contribution in [0.25, 0.3) is 0 Å². The Balaban J connectivity index is 2.32. The maximum absolute atomic E-state index is 8.69.